The normalized spacial score (nSPS) is 24.2. The smallest absolute Gasteiger partial charge is 0.0961 e. The van der Waals surface area contributed by atoms with Crippen LogP contribution in [0.25, 0.3) is 0 Å². The van der Waals surface area contributed by atoms with E-state index >= 15 is 0 Å². The lowest BCUT2D eigenvalue weighted by Crippen LogP contribution is -2.45. The summed E-state index contributed by atoms with van der Waals surface area (Å²) in [4.78, 5) is 0. The molecule has 0 bridgehead atoms. The minimum Gasteiger partial charge on any atom is -0.372 e. The summed E-state index contributed by atoms with van der Waals surface area (Å²) < 4.78 is 0. The fraction of sp³-hybridized carbons (Fsp3) is 0.600. The zero-order valence-electron chi connectivity index (χ0n) is 8.04. The fourth-order valence-corrected chi connectivity index (χ4v) is 1.02. The summed E-state index contributed by atoms with van der Waals surface area (Å²) in [7, 11) is 0. The van der Waals surface area contributed by atoms with Gasteiger partial charge in [-0.05, 0) is 31.2 Å². The van der Waals surface area contributed by atoms with Gasteiger partial charge < -0.3 is 5.32 Å². The van der Waals surface area contributed by atoms with E-state index in [0.29, 0.717) is 18.1 Å². The lowest BCUT2D eigenvalue weighted by Gasteiger charge is -2.24. The molecule has 2 heteroatoms. The molecule has 1 aliphatic rings. The Balaban J connectivity index is 2.31. The minimum atomic E-state index is 0.299. The van der Waals surface area contributed by atoms with Crippen molar-refractivity contribution in [2.45, 2.75) is 33.0 Å². The van der Waals surface area contributed by atoms with Crippen LogP contribution in [0.2, 0.25) is 0 Å². The fourth-order valence-electron chi connectivity index (χ4n) is 1.02. The van der Waals surface area contributed by atoms with E-state index in [9.17, 15) is 0 Å². The molecule has 0 radical (unpaired) electrons. The molecule has 12 heavy (non-hydrogen) atoms. The second-order valence-electron chi connectivity index (χ2n) is 3.59. The summed E-state index contributed by atoms with van der Waals surface area (Å²) in [6.07, 6.45) is 8.44. The van der Waals surface area contributed by atoms with Gasteiger partial charge in [-0.1, -0.05) is 19.9 Å². The van der Waals surface area contributed by atoms with Crippen LogP contribution in [0, 0.1) is 5.92 Å². The topological polar surface area (TPSA) is 24.1 Å². The van der Waals surface area contributed by atoms with Crippen LogP contribution >= 0.6 is 0 Å². The maximum atomic E-state index is 3.47. The van der Waals surface area contributed by atoms with Gasteiger partial charge >= 0.3 is 0 Å². The summed E-state index contributed by atoms with van der Waals surface area (Å²) in [5.74, 6) is 0.672. The molecule has 2 atom stereocenters. The van der Waals surface area contributed by atoms with E-state index in [2.05, 4.69) is 43.6 Å². The Bertz CT molecular complexity index is 182. The van der Waals surface area contributed by atoms with Crippen LogP contribution in [0.3, 0.4) is 0 Å². The van der Waals surface area contributed by atoms with Gasteiger partial charge in [-0.2, -0.15) is 0 Å². The Morgan fingerprint density at radius 2 is 2.00 bits per heavy atom. The van der Waals surface area contributed by atoms with Crippen LogP contribution in [0.5, 0.6) is 0 Å². The predicted octanol–water partition coefficient (Wildman–Crippen LogP) is 1.62. The highest BCUT2D eigenvalue weighted by Crippen LogP contribution is 2.02. The molecule has 0 aliphatic carbocycles. The Morgan fingerprint density at radius 3 is 2.50 bits per heavy atom. The Kier molecular flexibility index (Phi) is 3.35. The highest BCUT2D eigenvalue weighted by molar-refractivity contribution is 5.11. The first-order valence-electron chi connectivity index (χ1n) is 4.55. The third-order valence-corrected chi connectivity index (χ3v) is 2.23. The lowest BCUT2D eigenvalue weighted by molar-refractivity contribution is 0.384. The predicted molar refractivity (Wildman–Crippen MR) is 52.6 cm³/mol. The molecule has 0 aromatic rings. The average molecular weight is 166 g/mol. The molecule has 0 aromatic carbocycles. The molecule has 0 fully saturated rings. The van der Waals surface area contributed by atoms with E-state index in [1.54, 1.807) is 0 Å². The molecule has 68 valence electrons. The molecule has 0 saturated carbocycles. The van der Waals surface area contributed by atoms with Gasteiger partial charge in [-0.25, -0.2) is 0 Å². The summed E-state index contributed by atoms with van der Waals surface area (Å²) in [6, 6.07) is 0.540. The first-order chi connectivity index (χ1) is 5.70. The molecule has 0 aromatic heterocycles. The monoisotopic (exact) mass is 166 g/mol. The summed E-state index contributed by atoms with van der Waals surface area (Å²) >= 11 is 0. The third-order valence-electron chi connectivity index (χ3n) is 2.23. The number of hydrogen-bond donors (Lipinski definition) is 2. The van der Waals surface area contributed by atoms with Crippen LogP contribution in [0.15, 0.2) is 24.4 Å². The summed E-state index contributed by atoms with van der Waals surface area (Å²) in [5, 5.41) is 6.70. The number of allylic oxidation sites excluding steroid dienone is 2. The lowest BCUT2D eigenvalue weighted by atomic mass is 10.1. The SMILES string of the molecule is CC(C)[C@@H](C)NC1C=CC=CN1. The number of dihydropyridines is 1. The second kappa shape index (κ2) is 4.31. The van der Waals surface area contributed by atoms with Crippen molar-refractivity contribution < 1.29 is 0 Å². The van der Waals surface area contributed by atoms with E-state index in [-0.39, 0.29) is 0 Å². The number of hydrogen-bond acceptors (Lipinski definition) is 2. The highest BCUT2D eigenvalue weighted by Gasteiger charge is 2.10. The maximum Gasteiger partial charge on any atom is 0.0961 e. The van der Waals surface area contributed by atoms with Crippen LogP contribution in [0.4, 0.5) is 0 Å². The van der Waals surface area contributed by atoms with Crippen LogP contribution in [-0.2, 0) is 0 Å². The number of nitrogens with one attached hydrogen (secondary N) is 2. The van der Waals surface area contributed by atoms with E-state index in [4.69, 9.17) is 0 Å². The van der Waals surface area contributed by atoms with E-state index in [1.165, 1.54) is 0 Å². The molecule has 1 aliphatic heterocycles. The number of rotatable bonds is 3. The molecular formula is C10H18N2. The quantitative estimate of drug-likeness (QED) is 0.665. The molecule has 0 spiro atoms. The molecular weight excluding hydrogens is 148 g/mol. The van der Waals surface area contributed by atoms with Crippen molar-refractivity contribution in [3.63, 3.8) is 0 Å². The van der Waals surface area contributed by atoms with Crippen LogP contribution < -0.4 is 10.6 Å². The highest BCUT2D eigenvalue weighted by atomic mass is 15.1. The van der Waals surface area contributed by atoms with Gasteiger partial charge in [-0.15, -0.1) is 0 Å². The standard InChI is InChI=1S/C10H18N2/c1-8(2)9(3)12-10-6-4-5-7-11-10/h4-12H,1-3H3/t9-,10?/m1/s1. The van der Waals surface area contributed by atoms with E-state index in [1.807, 2.05) is 12.3 Å². The molecule has 0 amide bonds. The van der Waals surface area contributed by atoms with Gasteiger partial charge in [-0.3, -0.25) is 5.32 Å². The molecule has 1 heterocycles. The van der Waals surface area contributed by atoms with E-state index < -0.39 is 0 Å². The maximum absolute atomic E-state index is 3.47. The molecule has 1 rings (SSSR count). The first-order valence-corrected chi connectivity index (χ1v) is 4.55. The minimum absolute atomic E-state index is 0.299. The summed E-state index contributed by atoms with van der Waals surface area (Å²) in [5.41, 5.74) is 0. The van der Waals surface area contributed by atoms with Crippen molar-refractivity contribution in [1.82, 2.24) is 10.6 Å². The molecule has 2 nitrogen and oxygen atoms in total. The van der Waals surface area contributed by atoms with Crippen molar-refractivity contribution in [2.24, 2.45) is 5.92 Å². The third kappa shape index (κ3) is 2.70. The van der Waals surface area contributed by atoms with Gasteiger partial charge in [0.15, 0.2) is 0 Å². The van der Waals surface area contributed by atoms with Gasteiger partial charge in [0, 0.05) is 6.04 Å². The first kappa shape index (κ1) is 9.33. The molecule has 2 N–H and O–H groups in total. The van der Waals surface area contributed by atoms with Gasteiger partial charge in [0.05, 0.1) is 6.17 Å². The average Bonchev–Trinajstić information content (AvgIpc) is 2.06. The zero-order chi connectivity index (χ0) is 8.97. The molecule has 0 saturated heterocycles. The largest absolute Gasteiger partial charge is 0.372 e. The van der Waals surface area contributed by atoms with Gasteiger partial charge in [0.1, 0.15) is 0 Å². The Morgan fingerprint density at radius 1 is 1.25 bits per heavy atom. The van der Waals surface area contributed by atoms with Crippen molar-refractivity contribution >= 4 is 0 Å². The van der Waals surface area contributed by atoms with Crippen LogP contribution in [-0.4, -0.2) is 12.2 Å². The zero-order valence-corrected chi connectivity index (χ0v) is 8.04. The van der Waals surface area contributed by atoms with E-state index in [0.717, 1.165) is 0 Å². The van der Waals surface area contributed by atoms with Crippen molar-refractivity contribution in [1.29, 1.82) is 0 Å². The Labute approximate surface area is 74.7 Å². The summed E-state index contributed by atoms with van der Waals surface area (Å²) in [6.45, 7) is 6.65. The van der Waals surface area contributed by atoms with Gasteiger partial charge in [0.2, 0.25) is 0 Å². The van der Waals surface area contributed by atoms with Gasteiger partial charge in [0.25, 0.3) is 0 Å². The van der Waals surface area contributed by atoms with Crippen LogP contribution in [0.1, 0.15) is 20.8 Å². The molecule has 1 unspecified atom stereocenters. The van der Waals surface area contributed by atoms with Crippen molar-refractivity contribution in [3.05, 3.63) is 24.4 Å². The van der Waals surface area contributed by atoms with Crippen molar-refractivity contribution in [2.75, 3.05) is 0 Å². The Hall–Kier alpha value is -0.760. The van der Waals surface area contributed by atoms with Crippen molar-refractivity contribution in [3.8, 4) is 0 Å². The second-order valence-corrected chi connectivity index (χ2v) is 3.59.